The van der Waals surface area contributed by atoms with Gasteiger partial charge < -0.3 is 10.3 Å². The summed E-state index contributed by atoms with van der Waals surface area (Å²) in [5, 5.41) is 0. The summed E-state index contributed by atoms with van der Waals surface area (Å²) in [4.78, 5) is 16.7. The maximum atomic E-state index is 11.9. The first kappa shape index (κ1) is 13.3. The van der Waals surface area contributed by atoms with E-state index in [1.807, 2.05) is 18.2 Å². The van der Waals surface area contributed by atoms with Crippen LogP contribution in [0.1, 0.15) is 54.2 Å². The van der Waals surface area contributed by atoms with Crippen molar-refractivity contribution in [1.29, 1.82) is 0 Å². The van der Waals surface area contributed by atoms with Crippen molar-refractivity contribution in [2.75, 3.05) is 6.54 Å². The Morgan fingerprint density at radius 2 is 2.15 bits per heavy atom. The number of benzene rings is 1. The molecule has 0 saturated heterocycles. The number of Topliss-reactive ketones (excluding diaryl/α,β-unsaturated/α-hetero) is 1. The minimum absolute atomic E-state index is 0.0995. The Labute approximate surface area is 119 Å². The number of nitrogens with zero attached hydrogens (tertiary/aromatic N) is 2. The van der Waals surface area contributed by atoms with E-state index in [2.05, 4.69) is 11.6 Å². The molecule has 0 unspecified atom stereocenters. The third-order valence-electron chi connectivity index (χ3n) is 4.33. The zero-order valence-electron chi connectivity index (χ0n) is 11.9. The monoisotopic (exact) mass is 271 g/mol. The molecule has 1 saturated carbocycles. The minimum atomic E-state index is 0.0995. The summed E-state index contributed by atoms with van der Waals surface area (Å²) in [5.41, 5.74) is 8.21. The summed E-state index contributed by atoms with van der Waals surface area (Å²) in [7, 11) is 2.07. The van der Waals surface area contributed by atoms with Crippen LogP contribution in [-0.2, 0) is 7.05 Å². The van der Waals surface area contributed by atoms with Crippen LogP contribution in [0.2, 0.25) is 0 Å². The molecule has 4 heteroatoms. The number of aryl methyl sites for hydroxylation is 1. The Morgan fingerprint density at radius 1 is 1.40 bits per heavy atom. The first-order valence-electron chi connectivity index (χ1n) is 7.40. The van der Waals surface area contributed by atoms with Gasteiger partial charge in [0.25, 0.3) is 0 Å². The molecule has 1 aliphatic rings. The van der Waals surface area contributed by atoms with E-state index in [-0.39, 0.29) is 5.78 Å². The molecule has 0 bridgehead atoms. The number of hydrogen-bond donors (Lipinski definition) is 1. The van der Waals surface area contributed by atoms with Crippen molar-refractivity contribution >= 4 is 16.8 Å². The molecule has 1 aromatic heterocycles. The first-order valence-corrected chi connectivity index (χ1v) is 7.40. The van der Waals surface area contributed by atoms with Gasteiger partial charge in [-0.3, -0.25) is 4.79 Å². The smallest absolute Gasteiger partial charge is 0.164 e. The van der Waals surface area contributed by atoms with Gasteiger partial charge in [0.05, 0.1) is 11.0 Å². The molecule has 2 N–H and O–H groups in total. The van der Waals surface area contributed by atoms with Gasteiger partial charge in [0, 0.05) is 24.9 Å². The van der Waals surface area contributed by atoms with Crippen LogP contribution in [0.3, 0.4) is 0 Å². The highest BCUT2D eigenvalue weighted by Crippen LogP contribution is 2.34. The standard InChI is InChI=1S/C16H21N3O/c1-19-14-7-6-12(15(20)8-9-17)10-13(14)18-16(19)11-4-2-3-5-11/h6-7,10-11H,2-5,8-9,17H2,1H3. The van der Waals surface area contributed by atoms with Crippen LogP contribution in [0.5, 0.6) is 0 Å². The maximum absolute atomic E-state index is 11.9. The second-order valence-corrected chi connectivity index (χ2v) is 5.68. The molecule has 0 radical (unpaired) electrons. The van der Waals surface area contributed by atoms with Crippen molar-refractivity contribution in [2.45, 2.75) is 38.0 Å². The average molecular weight is 271 g/mol. The number of imidazole rings is 1. The van der Waals surface area contributed by atoms with Gasteiger partial charge in [0.15, 0.2) is 5.78 Å². The van der Waals surface area contributed by atoms with Gasteiger partial charge in [0.2, 0.25) is 0 Å². The van der Waals surface area contributed by atoms with Crippen LogP contribution in [0, 0.1) is 0 Å². The molecule has 1 aliphatic carbocycles. The molecular formula is C16H21N3O. The number of ketones is 1. The summed E-state index contributed by atoms with van der Waals surface area (Å²) in [6, 6.07) is 5.80. The van der Waals surface area contributed by atoms with E-state index in [1.54, 1.807) is 0 Å². The van der Waals surface area contributed by atoms with Gasteiger partial charge in [-0.05, 0) is 37.6 Å². The van der Waals surface area contributed by atoms with Gasteiger partial charge in [-0.2, -0.15) is 0 Å². The lowest BCUT2D eigenvalue weighted by Crippen LogP contribution is -2.07. The molecule has 1 fully saturated rings. The fourth-order valence-corrected chi connectivity index (χ4v) is 3.22. The summed E-state index contributed by atoms with van der Waals surface area (Å²) < 4.78 is 2.18. The molecule has 0 amide bonds. The van der Waals surface area contributed by atoms with E-state index >= 15 is 0 Å². The lowest BCUT2D eigenvalue weighted by molar-refractivity contribution is 0.0985. The predicted octanol–water partition coefficient (Wildman–Crippen LogP) is 2.76. The topological polar surface area (TPSA) is 60.9 Å². The lowest BCUT2D eigenvalue weighted by Gasteiger charge is -2.08. The lowest BCUT2D eigenvalue weighted by atomic mass is 10.1. The highest BCUT2D eigenvalue weighted by atomic mass is 16.1. The van der Waals surface area contributed by atoms with Crippen LogP contribution in [0.25, 0.3) is 11.0 Å². The highest BCUT2D eigenvalue weighted by Gasteiger charge is 2.22. The molecule has 0 atom stereocenters. The number of rotatable bonds is 4. The predicted molar refractivity (Wildman–Crippen MR) is 79.9 cm³/mol. The molecule has 2 aromatic rings. The molecule has 106 valence electrons. The average Bonchev–Trinajstić information content (AvgIpc) is 3.07. The van der Waals surface area contributed by atoms with E-state index in [9.17, 15) is 4.79 Å². The molecule has 0 aliphatic heterocycles. The SMILES string of the molecule is Cn1c(C2CCCC2)nc2cc(C(=O)CCN)ccc21. The van der Waals surface area contributed by atoms with E-state index < -0.39 is 0 Å². The quantitative estimate of drug-likeness (QED) is 0.870. The summed E-state index contributed by atoms with van der Waals surface area (Å²) in [5.74, 6) is 1.85. The Bertz CT molecular complexity index is 638. The van der Waals surface area contributed by atoms with Crippen LogP contribution in [-0.4, -0.2) is 21.9 Å². The number of nitrogens with two attached hydrogens (primary N) is 1. The minimum Gasteiger partial charge on any atom is -0.331 e. The number of carbonyl (C=O) groups is 1. The van der Waals surface area contributed by atoms with E-state index in [4.69, 9.17) is 10.7 Å². The molecule has 1 heterocycles. The second-order valence-electron chi connectivity index (χ2n) is 5.68. The number of aromatic nitrogens is 2. The number of hydrogen-bond acceptors (Lipinski definition) is 3. The summed E-state index contributed by atoms with van der Waals surface area (Å²) in [6.45, 7) is 0.395. The Hall–Kier alpha value is -1.68. The van der Waals surface area contributed by atoms with Gasteiger partial charge >= 0.3 is 0 Å². The Morgan fingerprint density at radius 3 is 2.85 bits per heavy atom. The fourth-order valence-electron chi connectivity index (χ4n) is 3.22. The van der Waals surface area contributed by atoms with Crippen LogP contribution in [0.15, 0.2) is 18.2 Å². The van der Waals surface area contributed by atoms with Crippen LogP contribution in [0.4, 0.5) is 0 Å². The number of fused-ring (bicyclic) bond motifs is 1. The zero-order chi connectivity index (χ0) is 14.1. The van der Waals surface area contributed by atoms with Crippen LogP contribution >= 0.6 is 0 Å². The van der Waals surface area contributed by atoms with Crippen molar-refractivity contribution in [3.63, 3.8) is 0 Å². The third kappa shape index (κ3) is 2.24. The van der Waals surface area contributed by atoms with Gasteiger partial charge in [-0.1, -0.05) is 12.8 Å². The molecule has 0 spiro atoms. The van der Waals surface area contributed by atoms with Crippen molar-refractivity contribution < 1.29 is 4.79 Å². The Kier molecular flexibility index (Phi) is 3.57. The van der Waals surface area contributed by atoms with Gasteiger partial charge in [0.1, 0.15) is 5.82 Å². The van der Waals surface area contributed by atoms with Gasteiger partial charge in [-0.25, -0.2) is 4.98 Å². The molecule has 3 rings (SSSR count). The maximum Gasteiger partial charge on any atom is 0.164 e. The largest absolute Gasteiger partial charge is 0.331 e. The van der Waals surface area contributed by atoms with Crippen molar-refractivity contribution in [3.05, 3.63) is 29.6 Å². The summed E-state index contributed by atoms with van der Waals surface area (Å²) >= 11 is 0. The van der Waals surface area contributed by atoms with Crippen LogP contribution < -0.4 is 5.73 Å². The number of carbonyl (C=O) groups excluding carboxylic acids is 1. The van der Waals surface area contributed by atoms with E-state index in [0.29, 0.717) is 18.9 Å². The van der Waals surface area contributed by atoms with E-state index in [0.717, 1.165) is 16.6 Å². The fraction of sp³-hybridized carbons (Fsp3) is 0.500. The summed E-state index contributed by atoms with van der Waals surface area (Å²) in [6.07, 6.45) is 5.46. The van der Waals surface area contributed by atoms with Crippen molar-refractivity contribution in [2.24, 2.45) is 12.8 Å². The van der Waals surface area contributed by atoms with E-state index in [1.165, 1.54) is 31.5 Å². The zero-order valence-corrected chi connectivity index (χ0v) is 11.9. The molecular weight excluding hydrogens is 250 g/mol. The third-order valence-corrected chi connectivity index (χ3v) is 4.33. The normalized spacial score (nSPS) is 16.1. The first-order chi connectivity index (χ1) is 9.70. The highest BCUT2D eigenvalue weighted by molar-refractivity contribution is 5.99. The van der Waals surface area contributed by atoms with Crippen molar-refractivity contribution in [1.82, 2.24) is 9.55 Å². The van der Waals surface area contributed by atoms with Gasteiger partial charge in [-0.15, -0.1) is 0 Å². The second kappa shape index (κ2) is 5.37. The molecule has 20 heavy (non-hydrogen) atoms. The molecule has 1 aromatic carbocycles. The molecule has 4 nitrogen and oxygen atoms in total. The van der Waals surface area contributed by atoms with Crippen molar-refractivity contribution in [3.8, 4) is 0 Å². The Balaban J connectivity index is 2.00.